The van der Waals surface area contributed by atoms with Gasteiger partial charge in [0.2, 0.25) is 0 Å². The summed E-state index contributed by atoms with van der Waals surface area (Å²) in [6.07, 6.45) is 4.83. The predicted molar refractivity (Wildman–Crippen MR) is 113 cm³/mol. The van der Waals surface area contributed by atoms with E-state index < -0.39 is 0 Å². The van der Waals surface area contributed by atoms with E-state index >= 15 is 0 Å². The fourth-order valence-electron chi connectivity index (χ4n) is 3.86. The van der Waals surface area contributed by atoms with Crippen LogP contribution in [0.4, 0.5) is 10.2 Å². The van der Waals surface area contributed by atoms with Gasteiger partial charge in [0.1, 0.15) is 23.1 Å². The van der Waals surface area contributed by atoms with E-state index in [1.54, 1.807) is 40.2 Å². The zero-order valence-electron chi connectivity index (χ0n) is 17.2. The lowest BCUT2D eigenvalue weighted by Crippen LogP contribution is -2.49. The quantitative estimate of drug-likeness (QED) is 0.504. The molecule has 0 bridgehead atoms. The van der Waals surface area contributed by atoms with Crippen LogP contribution in [-0.2, 0) is 7.05 Å². The molecule has 1 fully saturated rings. The molecule has 1 aromatic carbocycles. The van der Waals surface area contributed by atoms with E-state index in [-0.39, 0.29) is 11.7 Å². The smallest absolute Gasteiger partial charge is 0.257 e. The highest BCUT2D eigenvalue weighted by Crippen LogP contribution is 2.25. The molecular formula is C21H21FN8O. The Bertz CT molecular complexity index is 1270. The van der Waals surface area contributed by atoms with E-state index in [9.17, 15) is 9.18 Å². The largest absolute Gasteiger partial charge is 0.352 e. The van der Waals surface area contributed by atoms with Gasteiger partial charge in [-0.05, 0) is 19.1 Å². The van der Waals surface area contributed by atoms with Gasteiger partial charge in [0.25, 0.3) is 5.91 Å². The zero-order chi connectivity index (χ0) is 21.5. The van der Waals surface area contributed by atoms with E-state index in [0.717, 1.165) is 16.9 Å². The Morgan fingerprint density at radius 3 is 2.58 bits per heavy atom. The minimum absolute atomic E-state index is 0.118. The second kappa shape index (κ2) is 7.46. The Hall–Kier alpha value is -3.82. The molecule has 1 aliphatic rings. The molecule has 4 heterocycles. The van der Waals surface area contributed by atoms with E-state index in [1.165, 1.54) is 16.9 Å². The van der Waals surface area contributed by atoms with Gasteiger partial charge in [-0.3, -0.25) is 9.48 Å². The molecule has 0 spiro atoms. The minimum atomic E-state index is -0.389. The minimum Gasteiger partial charge on any atom is -0.352 e. The van der Waals surface area contributed by atoms with Gasteiger partial charge in [-0.2, -0.15) is 10.2 Å². The van der Waals surface area contributed by atoms with E-state index in [0.29, 0.717) is 43.3 Å². The van der Waals surface area contributed by atoms with Crippen LogP contribution in [0.3, 0.4) is 0 Å². The summed E-state index contributed by atoms with van der Waals surface area (Å²) in [4.78, 5) is 26.0. The summed E-state index contributed by atoms with van der Waals surface area (Å²) < 4.78 is 17.1. The van der Waals surface area contributed by atoms with Crippen molar-refractivity contribution in [2.45, 2.75) is 6.92 Å². The number of para-hydroxylation sites is 1. The van der Waals surface area contributed by atoms with Crippen molar-refractivity contribution >= 4 is 22.8 Å². The third-order valence-electron chi connectivity index (χ3n) is 5.48. The van der Waals surface area contributed by atoms with Crippen molar-refractivity contribution in [3.05, 3.63) is 60.1 Å². The number of rotatable bonds is 3. The number of aryl methyl sites for hydroxylation is 2. The van der Waals surface area contributed by atoms with E-state index in [1.807, 2.05) is 14.0 Å². The van der Waals surface area contributed by atoms with Crippen molar-refractivity contribution < 1.29 is 9.18 Å². The highest BCUT2D eigenvalue weighted by atomic mass is 19.1. The Labute approximate surface area is 177 Å². The lowest BCUT2D eigenvalue weighted by atomic mass is 10.2. The second-order valence-corrected chi connectivity index (χ2v) is 7.50. The summed E-state index contributed by atoms with van der Waals surface area (Å²) in [6, 6.07) is 6.34. The number of benzene rings is 1. The van der Waals surface area contributed by atoms with E-state index in [4.69, 9.17) is 0 Å². The summed E-state index contributed by atoms with van der Waals surface area (Å²) in [5, 5.41) is 9.36. The fourth-order valence-corrected chi connectivity index (χ4v) is 3.86. The van der Waals surface area contributed by atoms with Crippen LogP contribution in [0.15, 0.2) is 42.9 Å². The number of carbonyl (C=O) groups is 1. The molecule has 0 aliphatic carbocycles. The predicted octanol–water partition coefficient (Wildman–Crippen LogP) is 1.96. The van der Waals surface area contributed by atoms with Gasteiger partial charge in [-0.15, -0.1) is 0 Å². The molecule has 3 aromatic heterocycles. The van der Waals surface area contributed by atoms with Gasteiger partial charge in [0.05, 0.1) is 23.3 Å². The lowest BCUT2D eigenvalue weighted by molar-refractivity contribution is 0.0746. The Balaban J connectivity index is 1.31. The maximum Gasteiger partial charge on any atom is 0.257 e. The molecule has 5 rings (SSSR count). The Morgan fingerprint density at radius 1 is 1.03 bits per heavy atom. The van der Waals surface area contributed by atoms with Crippen LogP contribution in [0.5, 0.6) is 0 Å². The first-order chi connectivity index (χ1) is 15.0. The van der Waals surface area contributed by atoms with Crippen LogP contribution in [0.2, 0.25) is 0 Å². The van der Waals surface area contributed by atoms with Gasteiger partial charge in [-0.25, -0.2) is 19.0 Å². The molecular weight excluding hydrogens is 399 g/mol. The summed E-state index contributed by atoms with van der Waals surface area (Å²) >= 11 is 0. The third-order valence-corrected chi connectivity index (χ3v) is 5.48. The molecule has 1 aliphatic heterocycles. The van der Waals surface area contributed by atoms with Crippen molar-refractivity contribution in [1.82, 2.24) is 34.4 Å². The average molecular weight is 420 g/mol. The normalized spacial score (nSPS) is 14.4. The SMILES string of the molecule is Cc1nc(N2CCN(C(=O)c3cnn(-c4ccccc4F)c3)CC2)c2cnn(C)c2n1. The standard InChI is InChI=1S/C21H21FN8O/c1-14-25-19-16(12-23-27(19)2)20(26-14)28-7-9-29(10-8-28)21(31)15-11-24-30(13-15)18-6-4-3-5-17(18)22/h3-6,11-13H,7-10H2,1-2H3. The molecule has 0 unspecified atom stereocenters. The van der Waals surface area contributed by atoms with Gasteiger partial charge < -0.3 is 9.80 Å². The number of hydrogen-bond donors (Lipinski definition) is 0. The maximum absolute atomic E-state index is 14.0. The number of piperazine rings is 1. The molecule has 158 valence electrons. The average Bonchev–Trinajstić information content (AvgIpc) is 3.41. The van der Waals surface area contributed by atoms with Crippen molar-refractivity contribution in [2.75, 3.05) is 31.1 Å². The molecule has 1 amide bonds. The van der Waals surface area contributed by atoms with Gasteiger partial charge >= 0.3 is 0 Å². The second-order valence-electron chi connectivity index (χ2n) is 7.50. The molecule has 31 heavy (non-hydrogen) atoms. The molecule has 4 aromatic rings. The third kappa shape index (κ3) is 3.39. The molecule has 10 heteroatoms. The summed E-state index contributed by atoms with van der Waals surface area (Å²) in [5.74, 6) is 1.02. The molecule has 1 saturated heterocycles. The first kappa shape index (κ1) is 19.2. The number of fused-ring (bicyclic) bond motifs is 1. The number of nitrogens with zero attached hydrogens (tertiary/aromatic N) is 8. The maximum atomic E-state index is 14.0. The lowest BCUT2D eigenvalue weighted by Gasteiger charge is -2.35. The summed E-state index contributed by atoms with van der Waals surface area (Å²) in [6.45, 7) is 4.26. The van der Waals surface area contributed by atoms with E-state index in [2.05, 4.69) is 25.1 Å². The number of hydrogen-bond acceptors (Lipinski definition) is 6. The molecule has 0 radical (unpaired) electrons. The van der Waals surface area contributed by atoms with Crippen LogP contribution in [0.25, 0.3) is 16.7 Å². The summed E-state index contributed by atoms with van der Waals surface area (Å²) in [5.41, 5.74) is 1.54. The van der Waals surface area contributed by atoms with Gasteiger partial charge in [0, 0.05) is 39.4 Å². The number of aromatic nitrogens is 6. The first-order valence-corrected chi connectivity index (χ1v) is 10.0. The monoisotopic (exact) mass is 420 g/mol. The molecule has 9 nitrogen and oxygen atoms in total. The zero-order valence-corrected chi connectivity index (χ0v) is 17.2. The van der Waals surface area contributed by atoms with Gasteiger partial charge in [0.15, 0.2) is 5.65 Å². The topological polar surface area (TPSA) is 85.0 Å². The van der Waals surface area contributed by atoms with Crippen LogP contribution in [-0.4, -0.2) is 66.5 Å². The molecule has 0 saturated carbocycles. The number of carbonyl (C=O) groups excluding carboxylic acids is 1. The number of amides is 1. The molecule has 0 atom stereocenters. The van der Waals surface area contributed by atoms with Crippen molar-refractivity contribution in [3.63, 3.8) is 0 Å². The highest BCUT2D eigenvalue weighted by Gasteiger charge is 2.26. The fraction of sp³-hybridized carbons (Fsp3) is 0.286. The van der Waals surface area contributed by atoms with Gasteiger partial charge in [-0.1, -0.05) is 12.1 Å². The van der Waals surface area contributed by atoms with Crippen molar-refractivity contribution in [1.29, 1.82) is 0 Å². The number of halogens is 1. The van der Waals surface area contributed by atoms with Crippen LogP contribution < -0.4 is 4.90 Å². The van der Waals surface area contributed by atoms with Crippen molar-refractivity contribution in [2.24, 2.45) is 7.05 Å². The Morgan fingerprint density at radius 2 is 1.81 bits per heavy atom. The molecule has 0 N–H and O–H groups in total. The van der Waals surface area contributed by atoms with Crippen molar-refractivity contribution in [3.8, 4) is 5.69 Å². The van der Waals surface area contributed by atoms with Crippen LogP contribution >= 0.6 is 0 Å². The van der Waals surface area contributed by atoms with Crippen LogP contribution in [0, 0.1) is 12.7 Å². The summed E-state index contributed by atoms with van der Waals surface area (Å²) in [7, 11) is 1.86. The Kier molecular flexibility index (Phi) is 4.61. The first-order valence-electron chi connectivity index (χ1n) is 10.0. The van der Waals surface area contributed by atoms with Crippen LogP contribution in [0.1, 0.15) is 16.2 Å². The highest BCUT2D eigenvalue weighted by molar-refractivity contribution is 5.94. The number of anilines is 1.